The molecule has 0 saturated carbocycles. The van der Waals surface area contributed by atoms with E-state index in [1.165, 1.54) is 17.7 Å². The minimum Gasteiger partial charge on any atom is -0.378 e. The molecule has 0 unspecified atom stereocenters. The van der Waals surface area contributed by atoms with Gasteiger partial charge in [0.15, 0.2) is 0 Å². The van der Waals surface area contributed by atoms with Crippen LogP contribution < -0.4 is 20.4 Å². The van der Waals surface area contributed by atoms with Crippen LogP contribution in [0.25, 0.3) is 55.4 Å². The van der Waals surface area contributed by atoms with Crippen molar-refractivity contribution in [2.75, 3.05) is 73.0 Å². The molecule has 0 atom stereocenters. The second kappa shape index (κ2) is 20.3. The monoisotopic (exact) mass is 986 g/mol. The van der Waals surface area contributed by atoms with E-state index in [0.29, 0.717) is 48.9 Å². The third-order valence-corrected chi connectivity index (χ3v) is 13.7. The van der Waals surface area contributed by atoms with Gasteiger partial charge in [-0.2, -0.15) is 11.3 Å². The first-order valence-electron chi connectivity index (χ1n) is 22.7. The normalized spacial score (nSPS) is 13.9. The topological polar surface area (TPSA) is 74.8 Å². The molecule has 12 heteroatoms. The maximum absolute atomic E-state index is 14.9. The van der Waals surface area contributed by atoms with Crippen LogP contribution in [0.2, 0.25) is 0 Å². The SMILES string of the molecule is Cc1c(-c2ccccc2F)nc2ccccc2c1Nc1cc(-c2ccsc2)ccc1N1CCOCC1.Cc1c(-c2ccccc2F)nc2ccccc2c1Nc1cc(Br)ccc1N1CCOCC1. The first kappa shape index (κ1) is 45.1. The van der Waals surface area contributed by atoms with E-state index < -0.39 is 0 Å². The summed E-state index contributed by atoms with van der Waals surface area (Å²) >= 11 is 5.31. The fourth-order valence-corrected chi connectivity index (χ4v) is 10.1. The smallest absolute Gasteiger partial charge is 0.132 e. The van der Waals surface area contributed by atoms with Crippen molar-refractivity contribution >= 4 is 83.2 Å². The molecule has 342 valence electrons. The van der Waals surface area contributed by atoms with Gasteiger partial charge >= 0.3 is 0 Å². The summed E-state index contributed by atoms with van der Waals surface area (Å²) in [6.07, 6.45) is 0. The minimum absolute atomic E-state index is 0.275. The number of nitrogens with zero attached hydrogens (tertiary/aromatic N) is 4. The lowest BCUT2D eigenvalue weighted by molar-refractivity contribution is 0.122. The number of hydrogen-bond acceptors (Lipinski definition) is 9. The lowest BCUT2D eigenvalue weighted by Crippen LogP contribution is -2.36. The Labute approximate surface area is 407 Å². The van der Waals surface area contributed by atoms with Crippen LogP contribution in [0.1, 0.15) is 11.1 Å². The molecule has 5 heterocycles. The number of nitrogens with one attached hydrogen (secondary N) is 2. The molecule has 3 aromatic heterocycles. The standard InChI is InChI=1S/C30H26FN3OS.C26H23BrFN3O/c1-20-29(23-6-2-4-8-25(23)31)32-26-9-5-3-7-24(26)30(20)33-27-18-21(22-12-17-36-19-22)10-11-28(27)34-13-15-35-16-14-34;1-17-25(19-6-2-4-8-21(19)28)29-22-9-5-3-7-20(22)26(17)30-23-16-18(27)10-11-24(23)31-12-14-32-15-13-31/h2-12,17-19H,13-16H2,1H3,(H,32,33);2-11,16H,12-15H2,1H3,(H,29,30). The zero-order valence-corrected chi connectivity index (χ0v) is 40.1. The van der Waals surface area contributed by atoms with E-state index in [4.69, 9.17) is 19.4 Å². The van der Waals surface area contributed by atoms with E-state index in [9.17, 15) is 8.78 Å². The van der Waals surface area contributed by atoms with Crippen LogP contribution in [0.5, 0.6) is 0 Å². The second-order valence-electron chi connectivity index (χ2n) is 16.8. The van der Waals surface area contributed by atoms with Gasteiger partial charge in [-0.25, -0.2) is 18.7 Å². The van der Waals surface area contributed by atoms with Gasteiger partial charge in [-0.05, 0) is 120 Å². The molecule has 0 radical (unpaired) electrons. The number of morpholine rings is 2. The summed E-state index contributed by atoms with van der Waals surface area (Å²) in [5.41, 5.74) is 14.2. The summed E-state index contributed by atoms with van der Waals surface area (Å²) < 4.78 is 41.7. The highest BCUT2D eigenvalue weighted by atomic mass is 79.9. The highest BCUT2D eigenvalue weighted by molar-refractivity contribution is 9.10. The Morgan fingerprint density at radius 3 is 1.51 bits per heavy atom. The van der Waals surface area contributed by atoms with Crippen LogP contribution in [0.4, 0.5) is 42.9 Å². The Balaban J connectivity index is 0.000000160. The number of halogens is 3. The lowest BCUT2D eigenvalue weighted by atomic mass is 10.0. The van der Waals surface area contributed by atoms with E-state index in [1.54, 1.807) is 35.6 Å². The molecule has 0 bridgehead atoms. The molecule has 2 aliphatic heterocycles. The molecular weight excluding hydrogens is 939 g/mol. The van der Waals surface area contributed by atoms with Gasteiger partial charge in [0.05, 0.1) is 83.0 Å². The van der Waals surface area contributed by atoms with E-state index in [0.717, 1.165) is 103 Å². The van der Waals surface area contributed by atoms with Crippen molar-refractivity contribution in [3.8, 4) is 33.6 Å². The van der Waals surface area contributed by atoms with Gasteiger partial charge in [0, 0.05) is 52.6 Å². The molecule has 11 rings (SSSR count). The molecule has 2 fully saturated rings. The van der Waals surface area contributed by atoms with Crippen molar-refractivity contribution in [3.05, 3.63) is 178 Å². The zero-order chi connectivity index (χ0) is 46.6. The first-order chi connectivity index (χ1) is 33.3. The van der Waals surface area contributed by atoms with Crippen molar-refractivity contribution in [1.29, 1.82) is 0 Å². The van der Waals surface area contributed by atoms with Crippen LogP contribution in [0, 0.1) is 25.5 Å². The van der Waals surface area contributed by atoms with Crippen LogP contribution in [-0.2, 0) is 9.47 Å². The van der Waals surface area contributed by atoms with Crippen molar-refractivity contribution in [1.82, 2.24) is 9.97 Å². The Morgan fingerprint density at radius 2 is 1.01 bits per heavy atom. The fourth-order valence-electron chi connectivity index (χ4n) is 9.05. The Bertz CT molecular complexity index is 3250. The predicted molar refractivity (Wildman–Crippen MR) is 280 cm³/mol. The van der Waals surface area contributed by atoms with Crippen molar-refractivity contribution in [3.63, 3.8) is 0 Å². The van der Waals surface area contributed by atoms with Gasteiger partial charge in [0.1, 0.15) is 11.6 Å². The molecule has 68 heavy (non-hydrogen) atoms. The minimum atomic E-state index is -0.277. The molecule has 6 aromatic carbocycles. The van der Waals surface area contributed by atoms with Gasteiger partial charge in [0.25, 0.3) is 0 Å². The summed E-state index contributed by atoms with van der Waals surface area (Å²) in [6.45, 7) is 10.2. The Kier molecular flexibility index (Phi) is 13.4. The number of pyridine rings is 2. The first-order valence-corrected chi connectivity index (χ1v) is 24.5. The summed E-state index contributed by atoms with van der Waals surface area (Å²) in [5.74, 6) is -0.552. The molecule has 2 saturated heterocycles. The van der Waals surface area contributed by atoms with E-state index in [2.05, 4.69) is 102 Å². The van der Waals surface area contributed by atoms with E-state index >= 15 is 0 Å². The average Bonchev–Trinajstić information content (AvgIpc) is 3.93. The molecule has 8 nitrogen and oxygen atoms in total. The predicted octanol–water partition coefficient (Wildman–Crippen LogP) is 14.4. The number of anilines is 6. The van der Waals surface area contributed by atoms with Crippen molar-refractivity contribution < 1.29 is 18.3 Å². The van der Waals surface area contributed by atoms with Crippen LogP contribution in [-0.4, -0.2) is 62.6 Å². The highest BCUT2D eigenvalue weighted by Gasteiger charge is 2.22. The Morgan fingerprint density at radius 1 is 0.544 bits per heavy atom. The van der Waals surface area contributed by atoms with Gasteiger partial charge < -0.3 is 29.9 Å². The zero-order valence-electron chi connectivity index (χ0n) is 37.7. The summed E-state index contributed by atoms with van der Waals surface area (Å²) in [7, 11) is 0. The van der Waals surface area contributed by atoms with Crippen LogP contribution in [0.15, 0.2) is 155 Å². The summed E-state index contributed by atoms with van der Waals surface area (Å²) in [5, 5.41) is 13.7. The number of hydrogen-bond donors (Lipinski definition) is 2. The van der Waals surface area contributed by atoms with E-state index in [1.807, 2.05) is 62.4 Å². The van der Waals surface area contributed by atoms with Gasteiger partial charge in [-0.3, -0.25) is 0 Å². The second-order valence-corrected chi connectivity index (χ2v) is 18.5. The molecule has 0 spiro atoms. The lowest BCUT2D eigenvalue weighted by Gasteiger charge is -2.31. The Hall–Kier alpha value is -6.70. The third kappa shape index (κ3) is 9.42. The molecule has 9 aromatic rings. The van der Waals surface area contributed by atoms with E-state index in [-0.39, 0.29) is 11.6 Å². The number of para-hydroxylation sites is 2. The van der Waals surface area contributed by atoms with Gasteiger partial charge in [-0.15, -0.1) is 0 Å². The van der Waals surface area contributed by atoms with Crippen LogP contribution in [0.3, 0.4) is 0 Å². The van der Waals surface area contributed by atoms with Crippen molar-refractivity contribution in [2.24, 2.45) is 0 Å². The number of thiophene rings is 1. The maximum Gasteiger partial charge on any atom is 0.132 e. The fraction of sp³-hybridized carbons (Fsp3) is 0.179. The summed E-state index contributed by atoms with van der Waals surface area (Å²) in [4.78, 5) is 14.4. The average molecular weight is 988 g/mol. The van der Waals surface area contributed by atoms with Gasteiger partial charge in [-0.1, -0.05) is 82.7 Å². The molecule has 0 aliphatic carbocycles. The molecule has 2 aliphatic rings. The summed E-state index contributed by atoms with van der Waals surface area (Å²) in [6, 6.07) is 44.6. The molecule has 2 N–H and O–H groups in total. The van der Waals surface area contributed by atoms with Crippen molar-refractivity contribution in [2.45, 2.75) is 13.8 Å². The largest absolute Gasteiger partial charge is 0.378 e. The quantitative estimate of drug-likeness (QED) is 0.148. The number of fused-ring (bicyclic) bond motifs is 2. The number of rotatable bonds is 9. The number of ether oxygens (including phenoxy) is 2. The maximum atomic E-state index is 14.9. The van der Waals surface area contributed by atoms with Gasteiger partial charge in [0.2, 0.25) is 0 Å². The van der Waals surface area contributed by atoms with Crippen LogP contribution >= 0.6 is 27.3 Å². The third-order valence-electron chi connectivity index (χ3n) is 12.6. The highest BCUT2D eigenvalue weighted by Crippen LogP contribution is 2.42. The number of aromatic nitrogens is 2. The molecule has 0 amide bonds. The number of benzene rings is 6. The molecular formula is C56H49BrF2N6O2S.